The molecule has 4 heteroatoms. The lowest BCUT2D eigenvalue weighted by atomic mass is 10.1. The van der Waals surface area contributed by atoms with Gasteiger partial charge in [0.15, 0.2) is 5.65 Å². The third-order valence-corrected chi connectivity index (χ3v) is 2.51. The molecule has 3 aromatic rings. The summed E-state index contributed by atoms with van der Waals surface area (Å²) in [6.45, 7) is 0. The summed E-state index contributed by atoms with van der Waals surface area (Å²) < 4.78 is 0. The van der Waals surface area contributed by atoms with Crippen molar-refractivity contribution in [1.82, 2.24) is 15.0 Å². The van der Waals surface area contributed by atoms with E-state index in [0.29, 0.717) is 5.65 Å². The van der Waals surface area contributed by atoms with Gasteiger partial charge in [0.25, 0.3) is 0 Å². The number of benzene rings is 1. The van der Waals surface area contributed by atoms with Crippen molar-refractivity contribution in [2.75, 3.05) is 0 Å². The monoisotopic (exact) mass is 211 g/mol. The highest BCUT2D eigenvalue weighted by Crippen LogP contribution is 2.23. The maximum atomic E-state index is 11.5. The fourth-order valence-electron chi connectivity index (χ4n) is 1.80. The Bertz CT molecular complexity index is 682. The summed E-state index contributed by atoms with van der Waals surface area (Å²) in [7, 11) is 0. The van der Waals surface area contributed by atoms with Gasteiger partial charge in [-0.1, -0.05) is 30.3 Å². The second-order valence-electron chi connectivity index (χ2n) is 3.54. The van der Waals surface area contributed by atoms with Gasteiger partial charge in [0, 0.05) is 11.6 Å². The Morgan fingerprint density at radius 3 is 2.75 bits per heavy atom. The minimum absolute atomic E-state index is 0.140. The lowest BCUT2D eigenvalue weighted by molar-refractivity contribution is 1.25. The summed E-state index contributed by atoms with van der Waals surface area (Å²) in [5.41, 5.74) is 3.18. The summed E-state index contributed by atoms with van der Waals surface area (Å²) in [6.07, 6.45) is 1.58. The van der Waals surface area contributed by atoms with Crippen molar-refractivity contribution in [1.29, 1.82) is 0 Å². The van der Waals surface area contributed by atoms with Crippen molar-refractivity contribution in [3.8, 4) is 11.1 Å². The normalized spacial score (nSPS) is 10.8. The molecule has 0 radical (unpaired) electrons. The molecule has 0 amide bonds. The molecule has 0 saturated heterocycles. The molecular formula is C12H9N3O. The summed E-state index contributed by atoms with van der Waals surface area (Å²) in [5, 5.41) is 0. The standard InChI is InChI=1S/C12H9N3O/c16-10-6-9(8-4-2-1-3-5-8)11-12(15-10)14-7-13-11/h1-7H,(H2,13,14,15,16). The number of pyridine rings is 1. The smallest absolute Gasteiger partial charge is 0.250 e. The van der Waals surface area contributed by atoms with Gasteiger partial charge in [-0.25, -0.2) is 4.98 Å². The van der Waals surface area contributed by atoms with Crippen molar-refractivity contribution in [3.63, 3.8) is 0 Å². The average Bonchev–Trinajstić information content (AvgIpc) is 2.77. The summed E-state index contributed by atoms with van der Waals surface area (Å²) in [4.78, 5) is 21.2. The van der Waals surface area contributed by atoms with Crippen LogP contribution in [-0.4, -0.2) is 15.0 Å². The second kappa shape index (κ2) is 3.34. The predicted octanol–water partition coefficient (Wildman–Crippen LogP) is 1.92. The van der Waals surface area contributed by atoms with Crippen LogP contribution in [0.2, 0.25) is 0 Å². The second-order valence-corrected chi connectivity index (χ2v) is 3.54. The highest BCUT2D eigenvalue weighted by Gasteiger charge is 2.06. The molecule has 2 heterocycles. The molecule has 78 valence electrons. The molecule has 4 nitrogen and oxygen atoms in total. The van der Waals surface area contributed by atoms with E-state index >= 15 is 0 Å². The number of hydrogen-bond donors (Lipinski definition) is 2. The van der Waals surface area contributed by atoms with Crippen LogP contribution in [0.5, 0.6) is 0 Å². The Labute approximate surface area is 91.0 Å². The van der Waals surface area contributed by atoms with Gasteiger partial charge in [-0.05, 0) is 5.56 Å². The summed E-state index contributed by atoms with van der Waals surface area (Å²) in [6, 6.07) is 11.3. The molecule has 0 saturated carbocycles. The average molecular weight is 211 g/mol. The van der Waals surface area contributed by atoms with Gasteiger partial charge in [0.1, 0.15) is 0 Å². The molecular weight excluding hydrogens is 202 g/mol. The Hall–Kier alpha value is -2.36. The largest absolute Gasteiger partial charge is 0.343 e. The minimum Gasteiger partial charge on any atom is -0.343 e. The van der Waals surface area contributed by atoms with E-state index in [1.165, 1.54) is 0 Å². The minimum atomic E-state index is -0.140. The molecule has 0 aliphatic carbocycles. The Morgan fingerprint density at radius 2 is 1.94 bits per heavy atom. The number of hydrogen-bond acceptors (Lipinski definition) is 2. The highest BCUT2D eigenvalue weighted by atomic mass is 16.1. The predicted molar refractivity (Wildman–Crippen MR) is 62.2 cm³/mol. The fraction of sp³-hybridized carbons (Fsp3) is 0. The number of nitrogens with zero attached hydrogens (tertiary/aromatic N) is 1. The quantitative estimate of drug-likeness (QED) is 0.646. The molecule has 0 fully saturated rings. The molecule has 0 aliphatic rings. The third kappa shape index (κ3) is 1.32. The number of imidazole rings is 1. The Morgan fingerprint density at radius 1 is 1.12 bits per heavy atom. The van der Waals surface area contributed by atoms with Crippen molar-refractivity contribution in [2.45, 2.75) is 0 Å². The van der Waals surface area contributed by atoms with Crippen LogP contribution in [0, 0.1) is 0 Å². The van der Waals surface area contributed by atoms with Gasteiger partial charge in [-0.15, -0.1) is 0 Å². The number of fused-ring (bicyclic) bond motifs is 1. The molecule has 1 aromatic carbocycles. The van der Waals surface area contributed by atoms with Crippen molar-refractivity contribution < 1.29 is 0 Å². The number of H-pyrrole nitrogens is 2. The van der Waals surface area contributed by atoms with Crippen molar-refractivity contribution >= 4 is 11.2 Å². The van der Waals surface area contributed by atoms with Crippen LogP contribution in [0.4, 0.5) is 0 Å². The molecule has 0 unspecified atom stereocenters. The van der Waals surface area contributed by atoms with E-state index in [0.717, 1.165) is 16.6 Å². The van der Waals surface area contributed by atoms with Gasteiger partial charge in [0.05, 0.1) is 11.8 Å². The summed E-state index contributed by atoms with van der Waals surface area (Å²) >= 11 is 0. The zero-order valence-electron chi connectivity index (χ0n) is 8.40. The maximum Gasteiger partial charge on any atom is 0.250 e. The zero-order chi connectivity index (χ0) is 11.0. The van der Waals surface area contributed by atoms with Crippen molar-refractivity contribution in [2.24, 2.45) is 0 Å². The third-order valence-electron chi connectivity index (χ3n) is 2.51. The van der Waals surface area contributed by atoms with E-state index in [1.807, 2.05) is 30.3 Å². The first-order valence-corrected chi connectivity index (χ1v) is 4.96. The van der Waals surface area contributed by atoms with Crippen LogP contribution in [0.15, 0.2) is 47.5 Å². The topological polar surface area (TPSA) is 61.5 Å². The lowest BCUT2D eigenvalue weighted by Gasteiger charge is -2.01. The van der Waals surface area contributed by atoms with Crippen molar-refractivity contribution in [3.05, 3.63) is 53.1 Å². The zero-order valence-corrected chi connectivity index (χ0v) is 8.40. The van der Waals surface area contributed by atoms with E-state index < -0.39 is 0 Å². The van der Waals surface area contributed by atoms with E-state index in [1.54, 1.807) is 12.4 Å². The first-order chi connectivity index (χ1) is 7.84. The SMILES string of the molecule is O=c1cc(-c2ccccc2)c2[nH]cnc2[nH]1. The van der Waals surface area contributed by atoms with Crippen LogP contribution in [0.3, 0.4) is 0 Å². The van der Waals surface area contributed by atoms with E-state index in [2.05, 4.69) is 15.0 Å². The molecule has 0 spiro atoms. The van der Waals surface area contributed by atoms with E-state index in [-0.39, 0.29) is 5.56 Å². The molecule has 0 aliphatic heterocycles. The molecule has 16 heavy (non-hydrogen) atoms. The van der Waals surface area contributed by atoms with Gasteiger partial charge in [-0.2, -0.15) is 0 Å². The van der Waals surface area contributed by atoms with Crippen LogP contribution in [0.1, 0.15) is 0 Å². The van der Waals surface area contributed by atoms with Crippen LogP contribution in [-0.2, 0) is 0 Å². The maximum absolute atomic E-state index is 11.5. The van der Waals surface area contributed by atoms with Gasteiger partial charge >= 0.3 is 0 Å². The molecule has 3 rings (SSSR count). The molecule has 0 bridgehead atoms. The highest BCUT2D eigenvalue weighted by molar-refractivity contribution is 5.89. The van der Waals surface area contributed by atoms with E-state index in [4.69, 9.17) is 0 Å². The van der Waals surface area contributed by atoms with Gasteiger partial charge < -0.3 is 9.97 Å². The number of aromatic nitrogens is 3. The van der Waals surface area contributed by atoms with Gasteiger partial charge in [-0.3, -0.25) is 4.79 Å². The fourth-order valence-corrected chi connectivity index (χ4v) is 1.80. The number of aromatic amines is 2. The van der Waals surface area contributed by atoms with Crippen LogP contribution < -0.4 is 5.56 Å². The first-order valence-electron chi connectivity index (χ1n) is 4.96. The molecule has 0 atom stereocenters. The van der Waals surface area contributed by atoms with Crippen LogP contribution >= 0.6 is 0 Å². The summed E-state index contributed by atoms with van der Waals surface area (Å²) in [5.74, 6) is 0. The first kappa shape index (κ1) is 8.91. The number of nitrogens with one attached hydrogen (secondary N) is 2. The van der Waals surface area contributed by atoms with E-state index in [9.17, 15) is 4.79 Å². The Kier molecular flexibility index (Phi) is 1.86. The lowest BCUT2D eigenvalue weighted by Crippen LogP contribution is -2.04. The molecule has 2 aromatic heterocycles. The Balaban J connectivity index is 2.39. The van der Waals surface area contributed by atoms with Crippen LogP contribution in [0.25, 0.3) is 22.3 Å². The number of rotatable bonds is 1. The molecule has 2 N–H and O–H groups in total. The van der Waals surface area contributed by atoms with Gasteiger partial charge in [0.2, 0.25) is 5.56 Å².